The summed E-state index contributed by atoms with van der Waals surface area (Å²) in [6.45, 7) is 4.29. The third-order valence-electron chi connectivity index (χ3n) is 2.68. The number of benzene rings is 1. The second-order valence-electron chi connectivity index (χ2n) is 4.35. The van der Waals surface area contributed by atoms with Gasteiger partial charge in [0, 0.05) is 11.0 Å². The average molecular weight is 344 g/mol. The van der Waals surface area contributed by atoms with Gasteiger partial charge in [-0.3, -0.25) is 4.79 Å². The summed E-state index contributed by atoms with van der Waals surface area (Å²) in [5.41, 5.74) is 0.0982. The van der Waals surface area contributed by atoms with Crippen molar-refractivity contribution >= 4 is 27.8 Å². The number of carboxylic acids is 1. The van der Waals surface area contributed by atoms with Crippen LogP contribution in [0, 0.1) is 0 Å². The molecule has 6 heteroatoms. The van der Waals surface area contributed by atoms with Crippen LogP contribution in [-0.2, 0) is 4.79 Å². The predicted molar refractivity (Wildman–Crippen MR) is 79.1 cm³/mol. The summed E-state index contributed by atoms with van der Waals surface area (Å²) in [5.74, 6) is -0.913. The number of hydrogen-bond acceptors (Lipinski definition) is 3. The molecule has 0 saturated carbocycles. The molecule has 0 radical (unpaired) electrons. The molecule has 1 amide bonds. The summed E-state index contributed by atoms with van der Waals surface area (Å²) in [6.07, 6.45) is 1.25. The van der Waals surface area contributed by atoms with Crippen LogP contribution in [-0.4, -0.2) is 29.6 Å². The summed E-state index contributed by atoms with van der Waals surface area (Å²) < 4.78 is 5.93. The lowest BCUT2D eigenvalue weighted by Crippen LogP contribution is -2.36. The fourth-order valence-corrected chi connectivity index (χ4v) is 1.95. The molecule has 20 heavy (non-hydrogen) atoms. The van der Waals surface area contributed by atoms with Gasteiger partial charge < -0.3 is 15.2 Å². The smallest absolute Gasteiger partial charge is 0.336 e. The molecular weight excluding hydrogens is 326 g/mol. The van der Waals surface area contributed by atoms with Crippen LogP contribution < -0.4 is 10.1 Å². The van der Waals surface area contributed by atoms with Crippen LogP contribution in [0.3, 0.4) is 0 Å². The van der Waals surface area contributed by atoms with Crippen LogP contribution in [0.5, 0.6) is 5.75 Å². The molecule has 5 nitrogen and oxygen atoms in total. The van der Waals surface area contributed by atoms with Crippen molar-refractivity contribution < 1.29 is 19.4 Å². The van der Waals surface area contributed by atoms with Gasteiger partial charge in [-0.1, -0.05) is 13.3 Å². The van der Waals surface area contributed by atoms with Crippen LogP contribution in [0.2, 0.25) is 0 Å². The van der Waals surface area contributed by atoms with E-state index >= 15 is 0 Å². The summed E-state index contributed by atoms with van der Waals surface area (Å²) in [6, 6.07) is 4.59. The van der Waals surface area contributed by atoms with E-state index < -0.39 is 12.1 Å². The van der Waals surface area contributed by atoms with Gasteiger partial charge in [0.1, 0.15) is 5.75 Å². The molecule has 0 aliphatic carbocycles. The molecule has 0 spiro atoms. The fraction of sp³-hybridized carbons (Fsp3) is 0.429. The molecule has 1 unspecified atom stereocenters. The number of carbonyl (C=O) groups excluding carboxylic acids is 1. The zero-order valence-electron chi connectivity index (χ0n) is 11.5. The van der Waals surface area contributed by atoms with Crippen molar-refractivity contribution in [2.45, 2.75) is 32.8 Å². The normalized spacial score (nSPS) is 11.8. The van der Waals surface area contributed by atoms with Crippen LogP contribution in [0.1, 0.15) is 37.0 Å². The Morgan fingerprint density at radius 3 is 2.75 bits per heavy atom. The number of halogens is 1. The Labute approximate surface area is 126 Å². The third kappa shape index (κ3) is 4.85. The van der Waals surface area contributed by atoms with Gasteiger partial charge in [-0.15, -0.1) is 0 Å². The van der Waals surface area contributed by atoms with E-state index in [4.69, 9.17) is 9.84 Å². The van der Waals surface area contributed by atoms with E-state index in [-0.39, 0.29) is 11.5 Å². The number of hydrogen-bond donors (Lipinski definition) is 2. The molecular formula is C14H18BrNO4. The first-order chi connectivity index (χ1) is 9.45. The number of carbonyl (C=O) groups is 2. The minimum absolute atomic E-state index is 0.0982. The van der Waals surface area contributed by atoms with E-state index in [1.54, 1.807) is 19.1 Å². The van der Waals surface area contributed by atoms with Crippen molar-refractivity contribution in [1.29, 1.82) is 0 Å². The average Bonchev–Trinajstić information content (AvgIpc) is 2.40. The Hall–Kier alpha value is -1.56. The van der Waals surface area contributed by atoms with Gasteiger partial charge in [0.2, 0.25) is 0 Å². The molecule has 0 heterocycles. The molecule has 0 aromatic heterocycles. The van der Waals surface area contributed by atoms with Gasteiger partial charge >= 0.3 is 5.97 Å². The van der Waals surface area contributed by atoms with Crippen LogP contribution in [0.4, 0.5) is 0 Å². The minimum Gasteiger partial charge on any atom is -0.481 e. The van der Waals surface area contributed by atoms with Gasteiger partial charge in [0.05, 0.1) is 5.56 Å². The molecule has 0 aliphatic heterocycles. The minimum atomic E-state index is -1.05. The number of carboxylic acid groups (broad SMARTS) is 1. The number of ether oxygens (including phenoxy) is 1. The summed E-state index contributed by atoms with van der Waals surface area (Å²) in [4.78, 5) is 22.7. The highest BCUT2D eigenvalue weighted by atomic mass is 79.9. The maximum Gasteiger partial charge on any atom is 0.336 e. The highest BCUT2D eigenvalue weighted by Gasteiger charge is 2.16. The number of amides is 1. The molecule has 1 aromatic carbocycles. The lowest BCUT2D eigenvalue weighted by atomic mass is 10.2. The fourth-order valence-electron chi connectivity index (χ4n) is 1.53. The Morgan fingerprint density at radius 2 is 2.15 bits per heavy atom. The first-order valence-corrected chi connectivity index (χ1v) is 7.22. The Bertz CT molecular complexity index is 490. The molecule has 0 fully saturated rings. The zero-order valence-corrected chi connectivity index (χ0v) is 13.1. The molecule has 0 bridgehead atoms. The molecule has 0 saturated heterocycles. The van der Waals surface area contributed by atoms with E-state index in [1.807, 2.05) is 6.92 Å². The summed E-state index contributed by atoms with van der Waals surface area (Å²) in [5, 5.41) is 11.8. The number of aromatic carboxylic acids is 1. The lowest BCUT2D eigenvalue weighted by Gasteiger charge is -2.15. The van der Waals surface area contributed by atoms with E-state index in [1.165, 1.54) is 6.07 Å². The van der Waals surface area contributed by atoms with Gasteiger partial charge in [-0.05, 0) is 47.5 Å². The van der Waals surface area contributed by atoms with Crippen molar-refractivity contribution in [1.82, 2.24) is 5.32 Å². The monoisotopic (exact) mass is 343 g/mol. The van der Waals surface area contributed by atoms with Gasteiger partial charge in [0.15, 0.2) is 6.10 Å². The predicted octanol–water partition coefficient (Wildman–Crippen LogP) is 2.83. The van der Waals surface area contributed by atoms with E-state index in [2.05, 4.69) is 21.2 Å². The Morgan fingerprint density at radius 1 is 1.45 bits per heavy atom. The van der Waals surface area contributed by atoms with Crippen molar-refractivity contribution in [3.05, 3.63) is 28.2 Å². The second-order valence-corrected chi connectivity index (χ2v) is 5.21. The Kier molecular flexibility index (Phi) is 6.51. The van der Waals surface area contributed by atoms with Crippen molar-refractivity contribution in [2.24, 2.45) is 0 Å². The van der Waals surface area contributed by atoms with Crippen molar-refractivity contribution in [3.8, 4) is 5.75 Å². The number of unbranched alkanes of at least 4 members (excludes halogenated alkanes) is 1. The topological polar surface area (TPSA) is 75.6 Å². The highest BCUT2D eigenvalue weighted by molar-refractivity contribution is 9.10. The number of nitrogens with one attached hydrogen (secondary N) is 1. The van der Waals surface area contributed by atoms with Crippen molar-refractivity contribution in [2.75, 3.05) is 6.54 Å². The maximum absolute atomic E-state index is 11.7. The van der Waals surface area contributed by atoms with Gasteiger partial charge in [-0.25, -0.2) is 4.79 Å². The largest absolute Gasteiger partial charge is 0.481 e. The summed E-state index contributed by atoms with van der Waals surface area (Å²) in [7, 11) is 0. The van der Waals surface area contributed by atoms with E-state index in [0.717, 1.165) is 12.8 Å². The van der Waals surface area contributed by atoms with E-state index in [9.17, 15) is 9.59 Å². The van der Waals surface area contributed by atoms with Crippen molar-refractivity contribution in [3.63, 3.8) is 0 Å². The molecule has 1 rings (SSSR count). The first-order valence-electron chi connectivity index (χ1n) is 6.43. The molecule has 2 N–H and O–H groups in total. The van der Waals surface area contributed by atoms with Gasteiger partial charge in [0.25, 0.3) is 5.91 Å². The van der Waals surface area contributed by atoms with Crippen LogP contribution in [0.15, 0.2) is 22.7 Å². The first kappa shape index (κ1) is 16.5. The quantitative estimate of drug-likeness (QED) is 0.746. The van der Waals surface area contributed by atoms with Gasteiger partial charge in [-0.2, -0.15) is 0 Å². The van der Waals surface area contributed by atoms with Crippen LogP contribution in [0.25, 0.3) is 0 Å². The lowest BCUT2D eigenvalue weighted by molar-refractivity contribution is -0.127. The molecule has 1 aromatic rings. The third-order valence-corrected chi connectivity index (χ3v) is 3.37. The number of rotatable bonds is 7. The molecule has 1 atom stereocenters. The highest BCUT2D eigenvalue weighted by Crippen LogP contribution is 2.23. The molecule has 0 aliphatic rings. The van der Waals surface area contributed by atoms with Crippen LogP contribution >= 0.6 is 15.9 Å². The SMILES string of the molecule is CCCCNC(=O)C(C)Oc1ccc(Br)c(C(=O)O)c1. The second kappa shape index (κ2) is 7.89. The standard InChI is InChI=1S/C14H18BrNO4/c1-3-4-7-16-13(17)9(2)20-10-5-6-12(15)11(8-10)14(18)19/h5-6,8-9H,3-4,7H2,1-2H3,(H,16,17)(H,18,19). The zero-order chi connectivity index (χ0) is 15.1. The molecule has 110 valence electrons. The van der Waals surface area contributed by atoms with E-state index in [0.29, 0.717) is 16.8 Å². The Balaban J connectivity index is 2.66. The summed E-state index contributed by atoms with van der Waals surface area (Å²) >= 11 is 3.15. The maximum atomic E-state index is 11.7.